The van der Waals surface area contributed by atoms with E-state index in [0.717, 1.165) is 5.56 Å². The summed E-state index contributed by atoms with van der Waals surface area (Å²) in [6.07, 6.45) is 0.503. The third kappa shape index (κ3) is 4.18. The molecule has 1 aromatic heterocycles. The van der Waals surface area contributed by atoms with Crippen LogP contribution in [0.1, 0.15) is 5.56 Å². The number of anilines is 1. The molecule has 0 aliphatic heterocycles. The summed E-state index contributed by atoms with van der Waals surface area (Å²) in [5.41, 5.74) is 3.31. The molecule has 9 heteroatoms. The number of nitrogens with zero attached hydrogens (tertiary/aromatic N) is 3. The molecule has 4 rings (SSSR count). The van der Waals surface area contributed by atoms with Gasteiger partial charge >= 0.3 is 0 Å². The number of nitrogens with one attached hydrogen (secondary N) is 1. The average Bonchev–Trinajstić information content (AvgIpc) is 2.84. The SMILES string of the molecule is Fc1c(F)c(F)c(C=NNc2cc(-c3ccccc3)nc(-c3ccccc3)n2)c(F)c1F. The first-order valence-corrected chi connectivity index (χ1v) is 9.26. The Labute approximate surface area is 179 Å². The van der Waals surface area contributed by atoms with Crippen molar-refractivity contribution in [2.45, 2.75) is 0 Å². The van der Waals surface area contributed by atoms with Crippen LogP contribution in [0.5, 0.6) is 0 Å². The molecule has 0 bridgehead atoms. The van der Waals surface area contributed by atoms with E-state index in [9.17, 15) is 22.0 Å². The number of halogens is 5. The topological polar surface area (TPSA) is 50.2 Å². The molecule has 4 aromatic rings. The second-order valence-electron chi connectivity index (χ2n) is 6.55. The van der Waals surface area contributed by atoms with E-state index in [4.69, 9.17) is 0 Å². The van der Waals surface area contributed by atoms with Gasteiger partial charge in [-0.2, -0.15) is 5.10 Å². The van der Waals surface area contributed by atoms with Crippen LogP contribution >= 0.6 is 0 Å². The Morgan fingerprint density at radius 1 is 0.656 bits per heavy atom. The lowest BCUT2D eigenvalue weighted by atomic mass is 10.1. The molecule has 0 saturated heterocycles. The first kappa shape index (κ1) is 21.1. The van der Waals surface area contributed by atoms with E-state index in [1.54, 1.807) is 12.1 Å². The molecular weight excluding hydrogens is 427 g/mol. The number of rotatable bonds is 5. The van der Waals surface area contributed by atoms with Crippen LogP contribution in [0.15, 0.2) is 71.8 Å². The van der Waals surface area contributed by atoms with E-state index >= 15 is 0 Å². The molecule has 160 valence electrons. The van der Waals surface area contributed by atoms with Gasteiger partial charge in [-0.15, -0.1) is 0 Å². The second-order valence-corrected chi connectivity index (χ2v) is 6.55. The van der Waals surface area contributed by atoms with Crippen molar-refractivity contribution in [2.24, 2.45) is 5.10 Å². The lowest BCUT2D eigenvalue weighted by Crippen LogP contribution is -2.07. The summed E-state index contributed by atoms with van der Waals surface area (Å²) in [7, 11) is 0. The zero-order valence-electron chi connectivity index (χ0n) is 16.2. The molecule has 0 radical (unpaired) electrons. The Hall–Kier alpha value is -4.14. The number of aromatic nitrogens is 2. The fourth-order valence-corrected chi connectivity index (χ4v) is 2.88. The van der Waals surface area contributed by atoms with Crippen LogP contribution in [0.3, 0.4) is 0 Å². The Bertz CT molecular complexity index is 1210. The van der Waals surface area contributed by atoms with Crippen molar-refractivity contribution in [1.82, 2.24) is 9.97 Å². The molecule has 0 spiro atoms. The monoisotopic (exact) mass is 440 g/mol. The summed E-state index contributed by atoms with van der Waals surface area (Å²) < 4.78 is 67.6. The predicted octanol–water partition coefficient (Wildman–Crippen LogP) is 5.95. The van der Waals surface area contributed by atoms with Gasteiger partial charge in [-0.3, -0.25) is 5.43 Å². The number of hydrogen-bond acceptors (Lipinski definition) is 4. The molecule has 0 saturated carbocycles. The molecule has 0 fully saturated rings. The van der Waals surface area contributed by atoms with Gasteiger partial charge in [0.1, 0.15) is 0 Å². The minimum Gasteiger partial charge on any atom is -0.261 e. The molecule has 0 atom stereocenters. The average molecular weight is 440 g/mol. The quantitative estimate of drug-likeness (QED) is 0.137. The fraction of sp³-hybridized carbons (Fsp3) is 0. The van der Waals surface area contributed by atoms with Gasteiger partial charge in [0.05, 0.1) is 17.5 Å². The molecule has 1 N–H and O–H groups in total. The Morgan fingerprint density at radius 3 is 1.78 bits per heavy atom. The second kappa shape index (κ2) is 8.93. The lowest BCUT2D eigenvalue weighted by Gasteiger charge is -2.08. The zero-order chi connectivity index (χ0) is 22.7. The van der Waals surface area contributed by atoms with Crippen molar-refractivity contribution in [2.75, 3.05) is 5.43 Å². The molecule has 4 nitrogen and oxygen atoms in total. The summed E-state index contributed by atoms with van der Waals surface area (Å²) in [5, 5.41) is 3.61. The molecule has 1 heterocycles. The molecule has 3 aromatic carbocycles. The smallest absolute Gasteiger partial charge is 0.200 e. The predicted molar refractivity (Wildman–Crippen MR) is 110 cm³/mol. The van der Waals surface area contributed by atoms with Crippen molar-refractivity contribution in [3.8, 4) is 22.6 Å². The normalized spacial score (nSPS) is 11.2. The van der Waals surface area contributed by atoms with Crippen molar-refractivity contribution in [3.05, 3.63) is 101 Å². The van der Waals surface area contributed by atoms with Gasteiger partial charge in [0, 0.05) is 17.2 Å². The zero-order valence-corrected chi connectivity index (χ0v) is 16.2. The highest BCUT2D eigenvalue weighted by molar-refractivity contribution is 5.81. The van der Waals surface area contributed by atoms with Gasteiger partial charge in [0.2, 0.25) is 5.82 Å². The van der Waals surface area contributed by atoms with Crippen LogP contribution in [0.25, 0.3) is 22.6 Å². The van der Waals surface area contributed by atoms with Gasteiger partial charge in [-0.05, 0) is 0 Å². The minimum absolute atomic E-state index is 0.151. The van der Waals surface area contributed by atoms with E-state index in [2.05, 4.69) is 20.5 Å². The molecule has 0 aliphatic rings. The highest BCUT2D eigenvalue weighted by Crippen LogP contribution is 2.25. The van der Waals surface area contributed by atoms with Crippen LogP contribution in [0.4, 0.5) is 27.8 Å². The third-order valence-electron chi connectivity index (χ3n) is 4.44. The maximum atomic E-state index is 13.8. The highest BCUT2D eigenvalue weighted by Gasteiger charge is 2.24. The van der Waals surface area contributed by atoms with Crippen LogP contribution in [0.2, 0.25) is 0 Å². The standard InChI is InChI=1S/C23H13F5N4/c24-18-15(19(25)21(27)22(28)20(18)26)12-29-32-17-11-16(13-7-3-1-4-8-13)30-23(31-17)14-9-5-2-6-10-14/h1-12H,(H,30,31,32). The van der Waals surface area contributed by atoms with Gasteiger partial charge in [0.15, 0.2) is 34.9 Å². The van der Waals surface area contributed by atoms with Gasteiger partial charge in [-0.1, -0.05) is 60.7 Å². The number of hydrogen-bond donors (Lipinski definition) is 1. The molecular formula is C23H13F5N4. The summed E-state index contributed by atoms with van der Waals surface area (Å²) in [6.45, 7) is 0. The molecule has 0 aliphatic carbocycles. The molecule has 32 heavy (non-hydrogen) atoms. The number of hydrazone groups is 1. The largest absolute Gasteiger partial charge is 0.261 e. The van der Waals surface area contributed by atoms with Crippen molar-refractivity contribution < 1.29 is 22.0 Å². The molecule has 0 amide bonds. The lowest BCUT2D eigenvalue weighted by molar-refractivity contribution is 0.377. The first-order valence-electron chi connectivity index (χ1n) is 9.26. The first-order chi connectivity index (χ1) is 15.5. The summed E-state index contributed by atoms with van der Waals surface area (Å²) in [4.78, 5) is 8.86. The van der Waals surface area contributed by atoms with E-state index in [1.165, 1.54) is 6.07 Å². The van der Waals surface area contributed by atoms with Crippen LogP contribution in [-0.2, 0) is 0 Å². The minimum atomic E-state index is -2.24. The van der Waals surface area contributed by atoms with Crippen molar-refractivity contribution in [3.63, 3.8) is 0 Å². The van der Waals surface area contributed by atoms with E-state index in [1.807, 2.05) is 48.5 Å². The highest BCUT2D eigenvalue weighted by atomic mass is 19.2. The van der Waals surface area contributed by atoms with Gasteiger partial charge in [0.25, 0.3) is 0 Å². The van der Waals surface area contributed by atoms with E-state index in [-0.39, 0.29) is 5.82 Å². The van der Waals surface area contributed by atoms with Crippen molar-refractivity contribution in [1.29, 1.82) is 0 Å². The van der Waals surface area contributed by atoms with Gasteiger partial charge in [-0.25, -0.2) is 31.9 Å². The summed E-state index contributed by atoms with van der Waals surface area (Å²) in [5.74, 6) is -9.80. The summed E-state index contributed by atoms with van der Waals surface area (Å²) in [6, 6.07) is 19.7. The van der Waals surface area contributed by atoms with Crippen LogP contribution in [0, 0.1) is 29.1 Å². The van der Waals surface area contributed by atoms with Crippen LogP contribution in [-0.4, -0.2) is 16.2 Å². The maximum absolute atomic E-state index is 13.8. The fourth-order valence-electron chi connectivity index (χ4n) is 2.88. The Morgan fingerprint density at radius 2 is 1.19 bits per heavy atom. The Balaban J connectivity index is 1.71. The van der Waals surface area contributed by atoms with Gasteiger partial charge < -0.3 is 0 Å². The maximum Gasteiger partial charge on any atom is 0.200 e. The van der Waals surface area contributed by atoms with E-state index in [0.29, 0.717) is 23.3 Å². The van der Waals surface area contributed by atoms with Crippen molar-refractivity contribution >= 4 is 12.0 Å². The van der Waals surface area contributed by atoms with Crippen LogP contribution < -0.4 is 5.43 Å². The summed E-state index contributed by atoms with van der Waals surface area (Å²) >= 11 is 0. The third-order valence-corrected chi connectivity index (χ3v) is 4.44. The van der Waals surface area contributed by atoms with E-state index < -0.39 is 34.6 Å². The Kier molecular flexibility index (Phi) is 5.89. The number of benzene rings is 3. The molecule has 0 unspecified atom stereocenters.